The third kappa shape index (κ3) is 2.20. The maximum Gasteiger partial charge on any atom is 0.317 e. The summed E-state index contributed by atoms with van der Waals surface area (Å²) in [5.74, 6) is 0. The fourth-order valence-electron chi connectivity index (χ4n) is 2.08. The van der Waals surface area contributed by atoms with Crippen molar-refractivity contribution in [3.63, 3.8) is 0 Å². The second-order valence-corrected chi connectivity index (χ2v) is 5.37. The van der Waals surface area contributed by atoms with Gasteiger partial charge in [0.15, 0.2) is 4.96 Å². The van der Waals surface area contributed by atoms with Gasteiger partial charge in [-0.3, -0.25) is 4.40 Å². The van der Waals surface area contributed by atoms with Crippen molar-refractivity contribution in [3.8, 4) is 0 Å². The van der Waals surface area contributed by atoms with Gasteiger partial charge >= 0.3 is 6.03 Å². The van der Waals surface area contributed by atoms with E-state index in [-0.39, 0.29) is 6.03 Å². The minimum Gasteiger partial charge on any atom is -0.332 e. The van der Waals surface area contributed by atoms with Crippen LogP contribution in [0.3, 0.4) is 0 Å². The van der Waals surface area contributed by atoms with Crippen LogP contribution in [0.2, 0.25) is 0 Å². The predicted octanol–water partition coefficient (Wildman–Crippen LogP) is 2.09. The minimum absolute atomic E-state index is 0.0244. The van der Waals surface area contributed by atoms with E-state index in [9.17, 15) is 4.79 Å². The average molecular weight is 264 g/mol. The molecular weight excluding hydrogens is 248 g/mol. The number of rotatable bonds is 4. The van der Waals surface area contributed by atoms with Crippen LogP contribution >= 0.6 is 11.3 Å². The number of aromatic nitrogens is 2. The molecule has 3 rings (SSSR count). The van der Waals surface area contributed by atoms with Gasteiger partial charge in [-0.05, 0) is 19.8 Å². The van der Waals surface area contributed by atoms with Crippen LogP contribution in [0.5, 0.6) is 0 Å². The van der Waals surface area contributed by atoms with Gasteiger partial charge in [-0.2, -0.15) is 0 Å². The molecule has 0 bridgehead atoms. The molecule has 2 aromatic rings. The molecule has 6 heteroatoms. The van der Waals surface area contributed by atoms with Gasteiger partial charge < -0.3 is 10.2 Å². The van der Waals surface area contributed by atoms with Gasteiger partial charge in [0.2, 0.25) is 0 Å². The molecule has 1 saturated carbocycles. The Labute approximate surface area is 109 Å². The van der Waals surface area contributed by atoms with Gasteiger partial charge in [-0.15, -0.1) is 11.3 Å². The number of fused-ring (bicyclic) bond motifs is 1. The Morgan fingerprint density at radius 2 is 2.50 bits per heavy atom. The topological polar surface area (TPSA) is 49.6 Å². The molecule has 0 radical (unpaired) electrons. The van der Waals surface area contributed by atoms with Crippen molar-refractivity contribution < 1.29 is 4.79 Å². The molecule has 96 valence electrons. The lowest BCUT2D eigenvalue weighted by Gasteiger charge is -2.20. The number of thiazole rings is 1. The van der Waals surface area contributed by atoms with Crippen LogP contribution in [0.4, 0.5) is 4.79 Å². The lowest BCUT2D eigenvalue weighted by molar-refractivity contribution is 0.197. The fraction of sp³-hybridized carbons (Fsp3) is 0.500. The zero-order valence-electron chi connectivity index (χ0n) is 10.3. The van der Waals surface area contributed by atoms with E-state index in [0.29, 0.717) is 12.6 Å². The SMILES string of the molecule is CCN(C(=O)NCc1cn2ccsc2n1)C1CC1. The first-order chi connectivity index (χ1) is 8.78. The largest absolute Gasteiger partial charge is 0.332 e. The van der Waals surface area contributed by atoms with Crippen molar-refractivity contribution in [3.05, 3.63) is 23.5 Å². The highest BCUT2D eigenvalue weighted by atomic mass is 32.1. The molecular formula is C12H16N4OS. The molecule has 2 aromatic heterocycles. The highest BCUT2D eigenvalue weighted by Crippen LogP contribution is 2.26. The zero-order valence-corrected chi connectivity index (χ0v) is 11.1. The molecule has 0 atom stereocenters. The van der Waals surface area contributed by atoms with Gasteiger partial charge in [0, 0.05) is 30.4 Å². The van der Waals surface area contributed by atoms with Gasteiger partial charge in [-0.25, -0.2) is 9.78 Å². The monoisotopic (exact) mass is 264 g/mol. The van der Waals surface area contributed by atoms with Crippen molar-refractivity contribution >= 4 is 22.3 Å². The van der Waals surface area contributed by atoms with Crippen LogP contribution in [0.25, 0.3) is 4.96 Å². The highest BCUT2D eigenvalue weighted by Gasteiger charge is 2.31. The lowest BCUT2D eigenvalue weighted by Crippen LogP contribution is -2.40. The minimum atomic E-state index is 0.0244. The van der Waals surface area contributed by atoms with Crippen LogP contribution < -0.4 is 5.32 Å². The van der Waals surface area contributed by atoms with Crippen LogP contribution in [0.15, 0.2) is 17.8 Å². The average Bonchev–Trinajstić information content (AvgIpc) is 2.96. The summed E-state index contributed by atoms with van der Waals surface area (Å²) < 4.78 is 1.98. The summed E-state index contributed by atoms with van der Waals surface area (Å²) >= 11 is 1.60. The third-order valence-corrected chi connectivity index (χ3v) is 3.92. The lowest BCUT2D eigenvalue weighted by atomic mass is 10.4. The van der Waals surface area contributed by atoms with E-state index in [4.69, 9.17) is 0 Å². The molecule has 18 heavy (non-hydrogen) atoms. The first kappa shape index (κ1) is 11.5. The van der Waals surface area contributed by atoms with E-state index in [0.717, 1.165) is 30.0 Å². The number of hydrogen-bond acceptors (Lipinski definition) is 3. The molecule has 0 spiro atoms. The number of imidazole rings is 1. The Bertz CT molecular complexity index is 529. The molecule has 0 aromatic carbocycles. The molecule has 1 fully saturated rings. The van der Waals surface area contributed by atoms with Gasteiger partial charge in [0.25, 0.3) is 0 Å². The molecule has 1 N–H and O–H groups in total. The van der Waals surface area contributed by atoms with Crippen molar-refractivity contribution in [2.24, 2.45) is 0 Å². The maximum atomic E-state index is 12.0. The Morgan fingerprint density at radius 1 is 1.67 bits per heavy atom. The third-order valence-electron chi connectivity index (χ3n) is 3.15. The summed E-state index contributed by atoms with van der Waals surface area (Å²) in [5.41, 5.74) is 0.905. The van der Waals surface area contributed by atoms with E-state index in [1.165, 1.54) is 0 Å². The van der Waals surface area contributed by atoms with Crippen molar-refractivity contribution in [1.82, 2.24) is 19.6 Å². The van der Waals surface area contributed by atoms with Crippen molar-refractivity contribution in [2.45, 2.75) is 32.4 Å². The summed E-state index contributed by atoms with van der Waals surface area (Å²) in [4.78, 5) is 19.3. The Balaban J connectivity index is 1.60. The predicted molar refractivity (Wildman–Crippen MR) is 70.7 cm³/mol. The van der Waals surface area contributed by atoms with Crippen molar-refractivity contribution in [2.75, 3.05) is 6.54 Å². The Kier molecular flexibility index (Phi) is 2.95. The Hall–Kier alpha value is -1.56. The van der Waals surface area contributed by atoms with Crippen LogP contribution in [-0.4, -0.2) is 32.9 Å². The molecule has 0 unspecified atom stereocenters. The molecule has 1 aliphatic rings. The number of carbonyl (C=O) groups excluding carboxylic acids is 1. The molecule has 5 nitrogen and oxygen atoms in total. The zero-order chi connectivity index (χ0) is 12.5. The summed E-state index contributed by atoms with van der Waals surface area (Å²) in [6, 6.07) is 0.483. The standard InChI is InChI=1S/C12H16N4OS/c1-2-16(10-3-4-10)11(17)13-7-9-8-15-5-6-18-12(15)14-9/h5-6,8,10H,2-4,7H2,1H3,(H,13,17). The van der Waals surface area contributed by atoms with Crippen LogP contribution in [0, 0.1) is 0 Å². The van der Waals surface area contributed by atoms with Crippen LogP contribution in [0.1, 0.15) is 25.5 Å². The fourth-order valence-corrected chi connectivity index (χ4v) is 2.80. The molecule has 0 aliphatic heterocycles. The smallest absolute Gasteiger partial charge is 0.317 e. The van der Waals surface area contributed by atoms with Crippen molar-refractivity contribution in [1.29, 1.82) is 0 Å². The Morgan fingerprint density at radius 3 is 3.17 bits per heavy atom. The summed E-state index contributed by atoms with van der Waals surface area (Å²) in [7, 11) is 0. The number of nitrogens with zero attached hydrogens (tertiary/aromatic N) is 3. The highest BCUT2D eigenvalue weighted by molar-refractivity contribution is 7.15. The summed E-state index contributed by atoms with van der Waals surface area (Å²) in [5, 5.41) is 4.93. The molecule has 2 heterocycles. The van der Waals surface area contributed by atoms with E-state index in [1.807, 2.05) is 34.0 Å². The van der Waals surface area contributed by atoms with E-state index in [2.05, 4.69) is 10.3 Å². The van der Waals surface area contributed by atoms with E-state index < -0.39 is 0 Å². The molecule has 0 saturated heterocycles. The quantitative estimate of drug-likeness (QED) is 0.919. The summed E-state index contributed by atoms with van der Waals surface area (Å²) in [6.07, 6.45) is 6.21. The first-order valence-electron chi connectivity index (χ1n) is 6.23. The molecule has 2 amide bonds. The first-order valence-corrected chi connectivity index (χ1v) is 7.11. The normalized spacial score (nSPS) is 14.9. The van der Waals surface area contributed by atoms with E-state index in [1.54, 1.807) is 11.3 Å². The van der Waals surface area contributed by atoms with Gasteiger partial charge in [0.05, 0.1) is 12.2 Å². The number of nitrogens with one attached hydrogen (secondary N) is 1. The van der Waals surface area contributed by atoms with Crippen LogP contribution in [-0.2, 0) is 6.54 Å². The number of carbonyl (C=O) groups is 1. The maximum absolute atomic E-state index is 12.0. The molecule has 1 aliphatic carbocycles. The van der Waals surface area contributed by atoms with Gasteiger partial charge in [-0.1, -0.05) is 0 Å². The van der Waals surface area contributed by atoms with E-state index >= 15 is 0 Å². The number of hydrogen-bond donors (Lipinski definition) is 1. The summed E-state index contributed by atoms with van der Waals surface area (Å²) in [6.45, 7) is 3.29. The van der Waals surface area contributed by atoms with Gasteiger partial charge in [0.1, 0.15) is 0 Å². The second-order valence-electron chi connectivity index (χ2n) is 4.50. The number of urea groups is 1. The number of amides is 2. The second kappa shape index (κ2) is 4.61.